The molecule has 12 nitrogen and oxygen atoms in total. The molecule has 0 saturated carbocycles. The Labute approximate surface area is 278 Å². The molecule has 0 radical (unpaired) electrons. The van der Waals surface area contributed by atoms with Gasteiger partial charge >= 0.3 is 0 Å². The average Bonchev–Trinajstić information content (AvgIpc) is 3.87. The van der Waals surface area contributed by atoms with E-state index in [0.29, 0.717) is 34.4 Å². The number of nitrogens with one attached hydrogen (secondary N) is 1. The average molecular weight is 668 g/mol. The van der Waals surface area contributed by atoms with Gasteiger partial charge in [0.25, 0.3) is 17.5 Å². The number of aromatic nitrogens is 3. The van der Waals surface area contributed by atoms with Crippen molar-refractivity contribution < 1.29 is 19.2 Å². The summed E-state index contributed by atoms with van der Waals surface area (Å²) < 4.78 is 6.84. The number of carbonyl (C=O) groups excluding carboxylic acids is 2. The number of thioether (sulfide) groups is 1. The zero-order valence-electron chi connectivity index (χ0n) is 25.4. The second-order valence-electron chi connectivity index (χ2n) is 10.6. The maximum Gasteiger partial charge on any atom is 0.269 e. The fourth-order valence-electron chi connectivity index (χ4n) is 5.07. The number of aryl methyl sites for hydroxylation is 1. The molecule has 6 rings (SSSR count). The number of nitro benzene ring substituents is 1. The van der Waals surface area contributed by atoms with E-state index in [9.17, 15) is 19.7 Å². The van der Waals surface area contributed by atoms with E-state index >= 15 is 0 Å². The molecule has 0 spiro atoms. The Morgan fingerprint density at radius 2 is 1.79 bits per heavy atom. The van der Waals surface area contributed by atoms with Gasteiger partial charge in [0, 0.05) is 29.8 Å². The third kappa shape index (κ3) is 7.08. The summed E-state index contributed by atoms with van der Waals surface area (Å²) >= 11 is 2.75. The first-order chi connectivity index (χ1) is 22.8. The highest BCUT2D eigenvalue weighted by atomic mass is 32.2. The van der Waals surface area contributed by atoms with Crippen LogP contribution < -0.4 is 10.1 Å². The van der Waals surface area contributed by atoms with Gasteiger partial charge in [0.15, 0.2) is 11.0 Å². The molecule has 47 heavy (non-hydrogen) atoms. The van der Waals surface area contributed by atoms with Crippen LogP contribution >= 0.6 is 23.1 Å². The quantitative estimate of drug-likeness (QED) is 0.103. The number of non-ortho nitro benzene ring substituents is 1. The first-order valence-corrected chi connectivity index (χ1v) is 16.4. The molecule has 14 heteroatoms. The molecule has 0 fully saturated rings. The molecule has 0 saturated heterocycles. The fraction of sp³-hybridized carbons (Fsp3) is 0.182. The van der Waals surface area contributed by atoms with E-state index in [1.807, 2.05) is 48.7 Å². The molecule has 1 aliphatic heterocycles. The predicted octanol–water partition coefficient (Wildman–Crippen LogP) is 5.95. The first-order valence-electron chi connectivity index (χ1n) is 14.5. The van der Waals surface area contributed by atoms with Gasteiger partial charge in [0.05, 0.1) is 41.0 Å². The molecule has 1 atom stereocenters. The Kier molecular flexibility index (Phi) is 9.40. The topological polar surface area (TPSA) is 145 Å². The minimum absolute atomic E-state index is 0.00685. The molecule has 3 heterocycles. The molecule has 238 valence electrons. The van der Waals surface area contributed by atoms with Gasteiger partial charge in [-0.05, 0) is 60.3 Å². The molecular formula is C33H29N7O5S2. The minimum atomic E-state index is -0.480. The number of nitro groups is 1. The van der Waals surface area contributed by atoms with Crippen LogP contribution in [-0.4, -0.2) is 55.1 Å². The van der Waals surface area contributed by atoms with Crippen LogP contribution in [-0.2, 0) is 11.3 Å². The van der Waals surface area contributed by atoms with Gasteiger partial charge < -0.3 is 10.1 Å². The van der Waals surface area contributed by atoms with Crippen LogP contribution in [0.3, 0.4) is 0 Å². The molecule has 5 aromatic rings. The van der Waals surface area contributed by atoms with Crippen molar-refractivity contribution in [1.82, 2.24) is 25.1 Å². The Morgan fingerprint density at radius 3 is 2.45 bits per heavy atom. The number of hydrazone groups is 1. The number of methoxy groups -OCH3 is 1. The van der Waals surface area contributed by atoms with Gasteiger partial charge in [-0.3, -0.25) is 24.3 Å². The van der Waals surface area contributed by atoms with Crippen LogP contribution in [0, 0.1) is 17.0 Å². The Hall–Kier alpha value is -5.34. The maximum absolute atomic E-state index is 13.8. The van der Waals surface area contributed by atoms with Crippen LogP contribution in [0.4, 0.5) is 5.69 Å². The van der Waals surface area contributed by atoms with Crippen molar-refractivity contribution in [2.24, 2.45) is 5.10 Å². The highest BCUT2D eigenvalue weighted by molar-refractivity contribution is 7.99. The van der Waals surface area contributed by atoms with Gasteiger partial charge in [-0.1, -0.05) is 47.7 Å². The Morgan fingerprint density at radius 1 is 1.04 bits per heavy atom. The number of hydrogen-bond donors (Lipinski definition) is 1. The lowest BCUT2D eigenvalue weighted by Gasteiger charge is -2.22. The normalized spacial score (nSPS) is 14.1. The van der Waals surface area contributed by atoms with E-state index < -0.39 is 4.92 Å². The van der Waals surface area contributed by atoms with Crippen molar-refractivity contribution in [2.75, 3.05) is 12.9 Å². The van der Waals surface area contributed by atoms with Gasteiger partial charge in [-0.15, -0.1) is 21.5 Å². The number of rotatable bonds is 11. The van der Waals surface area contributed by atoms with Crippen LogP contribution in [0.5, 0.6) is 5.75 Å². The van der Waals surface area contributed by atoms with Crippen molar-refractivity contribution in [2.45, 2.75) is 31.1 Å². The molecule has 0 bridgehead atoms. The van der Waals surface area contributed by atoms with E-state index in [-0.39, 0.29) is 35.8 Å². The molecule has 0 unspecified atom stereocenters. The zero-order valence-corrected chi connectivity index (χ0v) is 27.0. The molecule has 2 amide bonds. The largest absolute Gasteiger partial charge is 0.497 e. The van der Waals surface area contributed by atoms with Gasteiger partial charge in [-0.2, -0.15) is 5.10 Å². The second kappa shape index (κ2) is 14.0. The second-order valence-corrected chi connectivity index (χ2v) is 12.5. The van der Waals surface area contributed by atoms with Crippen molar-refractivity contribution in [1.29, 1.82) is 0 Å². The Balaban J connectivity index is 1.24. The summed E-state index contributed by atoms with van der Waals surface area (Å²) in [6, 6.07) is 24.4. The predicted molar refractivity (Wildman–Crippen MR) is 179 cm³/mol. The SMILES string of the molecule is COc1ccc(C(=O)NCc2nnc(SCC(=O)N3N=C(c4cccs4)C[C@@H]3c3ccc(C)cc3)n2-c2ccc([N+](=O)[O-])cc2)cc1. The first kappa shape index (κ1) is 31.6. The van der Waals surface area contributed by atoms with Gasteiger partial charge in [0.1, 0.15) is 5.75 Å². The summed E-state index contributed by atoms with van der Waals surface area (Å²) in [6.07, 6.45) is 0.594. The smallest absolute Gasteiger partial charge is 0.269 e. The summed E-state index contributed by atoms with van der Waals surface area (Å²) in [4.78, 5) is 38.5. The van der Waals surface area contributed by atoms with Crippen molar-refractivity contribution >= 4 is 46.3 Å². The third-order valence-corrected chi connectivity index (χ3v) is 9.37. The molecule has 3 aromatic carbocycles. The summed E-state index contributed by atoms with van der Waals surface area (Å²) in [5, 5.41) is 31.5. The highest BCUT2D eigenvalue weighted by Crippen LogP contribution is 2.35. The maximum atomic E-state index is 13.8. The van der Waals surface area contributed by atoms with Crippen molar-refractivity contribution in [3.63, 3.8) is 0 Å². The van der Waals surface area contributed by atoms with E-state index in [0.717, 1.165) is 21.7 Å². The number of ether oxygens (including phenoxy) is 1. The van der Waals surface area contributed by atoms with Crippen LogP contribution in [0.25, 0.3) is 5.69 Å². The summed E-state index contributed by atoms with van der Waals surface area (Å²) in [7, 11) is 1.55. The van der Waals surface area contributed by atoms with E-state index in [4.69, 9.17) is 9.84 Å². The van der Waals surface area contributed by atoms with Crippen LogP contribution in [0.15, 0.2) is 101 Å². The summed E-state index contributed by atoms with van der Waals surface area (Å²) in [5.74, 6) is 0.480. The fourth-order valence-corrected chi connectivity index (χ4v) is 6.61. The third-order valence-electron chi connectivity index (χ3n) is 7.54. The molecule has 2 aromatic heterocycles. The molecular weight excluding hydrogens is 639 g/mol. The lowest BCUT2D eigenvalue weighted by atomic mass is 10.00. The van der Waals surface area contributed by atoms with Crippen molar-refractivity contribution in [3.05, 3.63) is 128 Å². The lowest BCUT2D eigenvalue weighted by molar-refractivity contribution is -0.384. The minimum Gasteiger partial charge on any atom is -0.497 e. The van der Waals surface area contributed by atoms with Crippen molar-refractivity contribution in [3.8, 4) is 11.4 Å². The zero-order chi connectivity index (χ0) is 32.9. The van der Waals surface area contributed by atoms with E-state index in [2.05, 4.69) is 15.5 Å². The molecule has 1 N–H and O–H groups in total. The number of carbonyl (C=O) groups is 2. The van der Waals surface area contributed by atoms with Crippen LogP contribution in [0.1, 0.15) is 44.6 Å². The van der Waals surface area contributed by atoms with Gasteiger partial charge in [0.2, 0.25) is 0 Å². The van der Waals surface area contributed by atoms with Gasteiger partial charge in [-0.25, -0.2) is 5.01 Å². The number of thiophene rings is 1. The number of amides is 2. The molecule has 1 aliphatic rings. The standard InChI is InChI=1S/C33H29N7O5S2/c1-21-5-7-22(8-6-21)28-18-27(29-4-3-17-46-29)37-39(28)31(41)20-47-33-36-35-30(38(33)24-11-13-25(14-12-24)40(43)44)19-34-32(42)23-9-15-26(45-2)16-10-23/h3-17,28H,18-20H2,1-2H3,(H,34,42)/t28-/m1/s1. The summed E-state index contributed by atoms with van der Waals surface area (Å²) in [6.45, 7) is 2.03. The highest BCUT2D eigenvalue weighted by Gasteiger charge is 2.33. The van der Waals surface area contributed by atoms with E-state index in [1.165, 1.54) is 23.9 Å². The monoisotopic (exact) mass is 667 g/mol. The number of nitrogens with zero attached hydrogens (tertiary/aromatic N) is 6. The van der Waals surface area contributed by atoms with Crippen LogP contribution in [0.2, 0.25) is 0 Å². The Bertz CT molecular complexity index is 1920. The lowest BCUT2D eigenvalue weighted by Crippen LogP contribution is -2.28. The number of benzene rings is 3. The molecule has 0 aliphatic carbocycles. The van der Waals surface area contributed by atoms with E-state index in [1.54, 1.807) is 64.4 Å². The number of hydrogen-bond acceptors (Lipinski definition) is 10. The summed E-state index contributed by atoms with van der Waals surface area (Å²) in [5.41, 5.74) is 3.88.